The summed E-state index contributed by atoms with van der Waals surface area (Å²) >= 11 is 0. The molecule has 0 radical (unpaired) electrons. The van der Waals surface area contributed by atoms with Gasteiger partial charge in [-0.15, -0.1) is 0 Å². The Morgan fingerprint density at radius 3 is 2.73 bits per heavy atom. The van der Waals surface area contributed by atoms with Crippen molar-refractivity contribution >= 4 is 5.78 Å². The molecule has 2 nitrogen and oxygen atoms in total. The smallest absolute Gasteiger partial charge is 0.179 e. The van der Waals surface area contributed by atoms with E-state index in [-0.39, 0.29) is 11.8 Å². The van der Waals surface area contributed by atoms with Crippen molar-refractivity contribution in [3.05, 3.63) is 35.9 Å². The minimum absolute atomic E-state index is 0.00190. The average Bonchev–Trinajstić information content (AvgIpc) is 2.29. The number of nitrogens with one attached hydrogen (secondary N) is 1. The second-order valence-electron chi connectivity index (χ2n) is 3.86. The van der Waals surface area contributed by atoms with Gasteiger partial charge >= 0.3 is 0 Å². The van der Waals surface area contributed by atoms with E-state index in [0.717, 1.165) is 0 Å². The van der Waals surface area contributed by atoms with Gasteiger partial charge in [0.15, 0.2) is 5.78 Å². The number of hydrogen-bond acceptors (Lipinski definition) is 2. The number of halogens is 1. The molecular weight excluding hydrogens is 193 g/mol. The molecule has 1 saturated heterocycles. The van der Waals surface area contributed by atoms with E-state index in [1.165, 1.54) is 0 Å². The van der Waals surface area contributed by atoms with Crippen molar-refractivity contribution in [1.29, 1.82) is 0 Å². The van der Waals surface area contributed by atoms with Crippen molar-refractivity contribution in [2.24, 2.45) is 0 Å². The zero-order chi connectivity index (χ0) is 10.7. The third-order valence-electron chi connectivity index (χ3n) is 2.71. The quantitative estimate of drug-likeness (QED) is 0.751. The molecule has 0 aliphatic carbocycles. The van der Waals surface area contributed by atoms with Gasteiger partial charge in [-0.1, -0.05) is 30.3 Å². The Balaban J connectivity index is 2.08. The number of benzene rings is 1. The molecular formula is C12H14FNO. The highest BCUT2D eigenvalue weighted by Gasteiger charge is 2.26. The van der Waals surface area contributed by atoms with E-state index in [1.807, 2.05) is 18.2 Å². The first kappa shape index (κ1) is 10.3. The van der Waals surface area contributed by atoms with E-state index >= 15 is 0 Å². The fourth-order valence-corrected chi connectivity index (χ4v) is 1.87. The topological polar surface area (TPSA) is 29.1 Å². The van der Waals surface area contributed by atoms with Crippen LogP contribution in [-0.4, -0.2) is 24.5 Å². The molecule has 80 valence electrons. The van der Waals surface area contributed by atoms with Gasteiger partial charge in [0.25, 0.3) is 0 Å². The summed E-state index contributed by atoms with van der Waals surface area (Å²) in [6.45, 7) is 0.588. The predicted molar refractivity (Wildman–Crippen MR) is 56.7 cm³/mol. The SMILES string of the molecule is O=C(c1ccccc1)C1CC(F)CCN1. The average molecular weight is 207 g/mol. The highest BCUT2D eigenvalue weighted by atomic mass is 19.1. The predicted octanol–water partition coefficient (Wildman–Crippen LogP) is 1.96. The van der Waals surface area contributed by atoms with Crippen LogP contribution in [0.4, 0.5) is 4.39 Å². The second kappa shape index (κ2) is 4.53. The van der Waals surface area contributed by atoms with Crippen LogP contribution in [0, 0.1) is 0 Å². The van der Waals surface area contributed by atoms with E-state index in [2.05, 4.69) is 5.32 Å². The number of ketones is 1. The fraction of sp³-hybridized carbons (Fsp3) is 0.417. The maximum absolute atomic E-state index is 13.1. The van der Waals surface area contributed by atoms with Crippen molar-refractivity contribution in [3.63, 3.8) is 0 Å². The molecule has 2 unspecified atom stereocenters. The summed E-state index contributed by atoms with van der Waals surface area (Å²) in [6, 6.07) is 8.70. The molecule has 0 bridgehead atoms. The molecule has 1 aliphatic heterocycles. The zero-order valence-corrected chi connectivity index (χ0v) is 8.45. The van der Waals surface area contributed by atoms with Gasteiger partial charge in [-0.25, -0.2) is 4.39 Å². The van der Waals surface area contributed by atoms with Crippen LogP contribution in [0.15, 0.2) is 30.3 Å². The van der Waals surface area contributed by atoms with Crippen LogP contribution in [0.1, 0.15) is 23.2 Å². The lowest BCUT2D eigenvalue weighted by Gasteiger charge is -2.24. The molecule has 2 rings (SSSR count). The molecule has 0 amide bonds. The lowest BCUT2D eigenvalue weighted by molar-refractivity contribution is 0.0892. The van der Waals surface area contributed by atoms with Gasteiger partial charge in [0.1, 0.15) is 6.17 Å². The Morgan fingerprint density at radius 2 is 2.07 bits per heavy atom. The highest BCUT2D eigenvalue weighted by Crippen LogP contribution is 2.15. The third kappa shape index (κ3) is 2.42. The first-order chi connectivity index (χ1) is 7.27. The largest absolute Gasteiger partial charge is 0.307 e. The Labute approximate surface area is 88.5 Å². The Morgan fingerprint density at radius 1 is 1.33 bits per heavy atom. The van der Waals surface area contributed by atoms with E-state index in [1.54, 1.807) is 12.1 Å². The zero-order valence-electron chi connectivity index (χ0n) is 8.45. The molecule has 1 heterocycles. The van der Waals surface area contributed by atoms with Crippen LogP contribution in [0.5, 0.6) is 0 Å². The van der Waals surface area contributed by atoms with Gasteiger partial charge in [-0.3, -0.25) is 4.79 Å². The van der Waals surface area contributed by atoms with Crippen molar-refractivity contribution in [2.75, 3.05) is 6.54 Å². The molecule has 1 N–H and O–H groups in total. The first-order valence-electron chi connectivity index (χ1n) is 5.24. The van der Waals surface area contributed by atoms with E-state index < -0.39 is 6.17 Å². The molecule has 0 saturated carbocycles. The summed E-state index contributed by atoms with van der Waals surface area (Å²) in [5.74, 6) is -0.00190. The Hall–Kier alpha value is -1.22. The van der Waals surface area contributed by atoms with Crippen LogP contribution in [0.3, 0.4) is 0 Å². The number of alkyl halides is 1. The summed E-state index contributed by atoms with van der Waals surface area (Å²) in [4.78, 5) is 11.9. The lowest BCUT2D eigenvalue weighted by Crippen LogP contribution is -2.44. The normalized spacial score (nSPS) is 26.2. The van der Waals surface area contributed by atoms with Gasteiger partial charge in [-0.05, 0) is 13.0 Å². The number of Topliss-reactive ketones (excluding diaryl/α,β-unsaturated/α-hetero) is 1. The van der Waals surface area contributed by atoms with Crippen LogP contribution >= 0.6 is 0 Å². The summed E-state index contributed by atoms with van der Waals surface area (Å²) in [5.41, 5.74) is 0.657. The number of piperidine rings is 1. The van der Waals surface area contributed by atoms with Crippen molar-refractivity contribution in [2.45, 2.75) is 25.1 Å². The maximum atomic E-state index is 13.1. The van der Waals surface area contributed by atoms with Crippen LogP contribution < -0.4 is 5.32 Å². The minimum Gasteiger partial charge on any atom is -0.307 e. The van der Waals surface area contributed by atoms with Gasteiger partial charge in [0.05, 0.1) is 6.04 Å². The molecule has 15 heavy (non-hydrogen) atoms. The Bertz CT molecular complexity index is 339. The number of rotatable bonds is 2. The maximum Gasteiger partial charge on any atom is 0.179 e. The number of carbonyl (C=O) groups is 1. The molecule has 0 aromatic heterocycles. The summed E-state index contributed by atoms with van der Waals surface area (Å²) < 4.78 is 13.1. The van der Waals surface area contributed by atoms with Gasteiger partial charge in [0.2, 0.25) is 0 Å². The lowest BCUT2D eigenvalue weighted by atomic mass is 9.95. The van der Waals surface area contributed by atoms with Crippen LogP contribution in [0.2, 0.25) is 0 Å². The molecule has 1 aliphatic rings. The van der Waals surface area contributed by atoms with Gasteiger partial charge < -0.3 is 5.32 Å². The molecule has 1 aromatic carbocycles. The van der Waals surface area contributed by atoms with Crippen molar-refractivity contribution in [3.8, 4) is 0 Å². The van der Waals surface area contributed by atoms with Crippen molar-refractivity contribution in [1.82, 2.24) is 5.32 Å². The first-order valence-corrected chi connectivity index (χ1v) is 5.24. The number of hydrogen-bond donors (Lipinski definition) is 1. The number of carbonyl (C=O) groups excluding carboxylic acids is 1. The molecule has 2 atom stereocenters. The van der Waals surface area contributed by atoms with Crippen LogP contribution in [0.25, 0.3) is 0 Å². The monoisotopic (exact) mass is 207 g/mol. The van der Waals surface area contributed by atoms with Gasteiger partial charge in [0, 0.05) is 12.0 Å². The van der Waals surface area contributed by atoms with Crippen LogP contribution in [-0.2, 0) is 0 Å². The van der Waals surface area contributed by atoms with E-state index in [0.29, 0.717) is 24.9 Å². The van der Waals surface area contributed by atoms with Crippen molar-refractivity contribution < 1.29 is 9.18 Å². The molecule has 1 aromatic rings. The van der Waals surface area contributed by atoms with E-state index in [9.17, 15) is 9.18 Å². The Kier molecular flexibility index (Phi) is 3.11. The summed E-state index contributed by atoms with van der Waals surface area (Å²) in [7, 11) is 0. The van der Waals surface area contributed by atoms with Gasteiger partial charge in [-0.2, -0.15) is 0 Å². The van der Waals surface area contributed by atoms with E-state index in [4.69, 9.17) is 0 Å². The standard InChI is InChI=1S/C12H14FNO/c13-10-6-7-14-11(8-10)12(15)9-4-2-1-3-5-9/h1-5,10-11,14H,6-8H2. The highest BCUT2D eigenvalue weighted by molar-refractivity contribution is 6.00. The third-order valence-corrected chi connectivity index (χ3v) is 2.71. The minimum atomic E-state index is -0.844. The molecule has 0 spiro atoms. The molecule has 1 fully saturated rings. The second-order valence-corrected chi connectivity index (χ2v) is 3.86. The summed E-state index contributed by atoms with van der Waals surface area (Å²) in [6.07, 6.45) is -0.0318. The summed E-state index contributed by atoms with van der Waals surface area (Å²) in [5, 5.41) is 3.06. The fourth-order valence-electron chi connectivity index (χ4n) is 1.87. The molecule has 3 heteroatoms.